The van der Waals surface area contributed by atoms with Crippen LogP contribution in [0.25, 0.3) is 0 Å². The molecule has 1 fully saturated rings. The lowest BCUT2D eigenvalue weighted by Gasteiger charge is -2.14. The second-order valence-corrected chi connectivity index (χ2v) is 4.48. The van der Waals surface area contributed by atoms with E-state index in [-0.39, 0.29) is 0 Å². The number of ether oxygens (including phenoxy) is 1. The molecule has 0 aromatic rings. The molecule has 2 N–H and O–H groups in total. The van der Waals surface area contributed by atoms with Crippen molar-refractivity contribution < 1.29 is 4.74 Å². The largest absolute Gasteiger partial charge is 0.378 e. The molecule has 1 unspecified atom stereocenters. The second kappa shape index (κ2) is 7.49. The average Bonchev–Trinajstić information content (AvgIpc) is 2.70. The molecule has 4 heteroatoms. The normalized spacial score (nSPS) is 21.5. The molecule has 1 saturated heterocycles. The fraction of sp³-hybridized carbons (Fsp3) is 0.917. The van der Waals surface area contributed by atoms with Crippen molar-refractivity contribution in [2.24, 2.45) is 4.99 Å². The molecule has 4 nitrogen and oxygen atoms in total. The molecule has 1 atom stereocenters. The molecule has 1 aliphatic rings. The Morgan fingerprint density at radius 2 is 2.31 bits per heavy atom. The topological polar surface area (TPSA) is 45.7 Å². The number of nitrogens with one attached hydrogen (secondary N) is 2. The summed E-state index contributed by atoms with van der Waals surface area (Å²) in [4.78, 5) is 4.53. The molecular weight excluding hydrogens is 202 g/mol. The van der Waals surface area contributed by atoms with Crippen LogP contribution in [0.1, 0.15) is 40.0 Å². The first kappa shape index (κ1) is 13.3. The van der Waals surface area contributed by atoms with Crippen molar-refractivity contribution in [2.75, 3.05) is 19.7 Å². The molecule has 0 spiro atoms. The van der Waals surface area contributed by atoms with Gasteiger partial charge in [-0.25, -0.2) is 0 Å². The summed E-state index contributed by atoms with van der Waals surface area (Å²) in [7, 11) is 0. The number of nitrogens with zero attached hydrogens (tertiary/aromatic N) is 1. The SMILES string of the molecule is CCNC(=NCCC1CCCO1)NC(C)C. The molecule has 1 aliphatic heterocycles. The van der Waals surface area contributed by atoms with E-state index >= 15 is 0 Å². The van der Waals surface area contributed by atoms with Crippen LogP contribution in [0.15, 0.2) is 4.99 Å². The van der Waals surface area contributed by atoms with E-state index in [1.54, 1.807) is 0 Å². The molecule has 16 heavy (non-hydrogen) atoms. The van der Waals surface area contributed by atoms with Gasteiger partial charge >= 0.3 is 0 Å². The lowest BCUT2D eigenvalue weighted by atomic mass is 10.2. The Labute approximate surface area is 98.9 Å². The third kappa shape index (κ3) is 5.35. The van der Waals surface area contributed by atoms with Crippen LogP contribution in [0.3, 0.4) is 0 Å². The van der Waals surface area contributed by atoms with Crippen LogP contribution in [0.4, 0.5) is 0 Å². The zero-order valence-electron chi connectivity index (χ0n) is 10.8. The van der Waals surface area contributed by atoms with Gasteiger partial charge in [0.15, 0.2) is 5.96 Å². The predicted octanol–water partition coefficient (Wildman–Crippen LogP) is 1.52. The van der Waals surface area contributed by atoms with Crippen molar-refractivity contribution in [3.05, 3.63) is 0 Å². The maximum Gasteiger partial charge on any atom is 0.191 e. The van der Waals surface area contributed by atoms with Crippen LogP contribution < -0.4 is 10.6 Å². The van der Waals surface area contributed by atoms with E-state index in [9.17, 15) is 0 Å². The first-order valence-corrected chi connectivity index (χ1v) is 6.38. The zero-order chi connectivity index (χ0) is 11.8. The first-order chi connectivity index (χ1) is 7.72. The lowest BCUT2D eigenvalue weighted by Crippen LogP contribution is -2.41. The molecule has 0 amide bonds. The van der Waals surface area contributed by atoms with Crippen molar-refractivity contribution in [1.29, 1.82) is 0 Å². The van der Waals surface area contributed by atoms with Gasteiger partial charge in [0.05, 0.1) is 6.10 Å². The Morgan fingerprint density at radius 3 is 2.88 bits per heavy atom. The maximum atomic E-state index is 5.57. The Bertz CT molecular complexity index is 210. The van der Waals surface area contributed by atoms with E-state index in [1.165, 1.54) is 12.8 Å². The zero-order valence-corrected chi connectivity index (χ0v) is 10.8. The number of rotatable bonds is 5. The van der Waals surface area contributed by atoms with Gasteiger partial charge in [0.25, 0.3) is 0 Å². The smallest absolute Gasteiger partial charge is 0.191 e. The minimum Gasteiger partial charge on any atom is -0.378 e. The Morgan fingerprint density at radius 1 is 1.50 bits per heavy atom. The van der Waals surface area contributed by atoms with Gasteiger partial charge in [-0.1, -0.05) is 0 Å². The van der Waals surface area contributed by atoms with Gasteiger partial charge in [-0.15, -0.1) is 0 Å². The molecular formula is C12H25N3O. The third-order valence-corrected chi connectivity index (χ3v) is 2.51. The molecule has 0 aromatic heterocycles. The van der Waals surface area contributed by atoms with Gasteiger partial charge in [-0.05, 0) is 40.0 Å². The monoisotopic (exact) mass is 227 g/mol. The molecule has 0 aromatic carbocycles. The van der Waals surface area contributed by atoms with E-state index in [0.29, 0.717) is 12.1 Å². The lowest BCUT2D eigenvalue weighted by molar-refractivity contribution is 0.106. The van der Waals surface area contributed by atoms with Gasteiger partial charge in [-0.2, -0.15) is 0 Å². The molecule has 1 rings (SSSR count). The Kier molecular flexibility index (Phi) is 6.23. The van der Waals surface area contributed by atoms with Crippen LogP contribution >= 0.6 is 0 Å². The highest BCUT2D eigenvalue weighted by Gasteiger charge is 2.14. The summed E-state index contributed by atoms with van der Waals surface area (Å²) in [6, 6.07) is 0.417. The van der Waals surface area contributed by atoms with Gasteiger partial charge in [0.1, 0.15) is 0 Å². The highest BCUT2D eigenvalue weighted by atomic mass is 16.5. The van der Waals surface area contributed by atoms with Crippen LogP contribution in [-0.4, -0.2) is 37.8 Å². The molecule has 94 valence electrons. The number of guanidine groups is 1. The van der Waals surface area contributed by atoms with Crippen LogP contribution in [0, 0.1) is 0 Å². The van der Waals surface area contributed by atoms with E-state index in [0.717, 1.165) is 32.1 Å². The third-order valence-electron chi connectivity index (χ3n) is 2.51. The van der Waals surface area contributed by atoms with Crippen molar-refractivity contribution in [2.45, 2.75) is 52.2 Å². The summed E-state index contributed by atoms with van der Waals surface area (Å²) in [5, 5.41) is 6.54. The van der Waals surface area contributed by atoms with E-state index < -0.39 is 0 Å². The predicted molar refractivity (Wildman–Crippen MR) is 67.8 cm³/mol. The fourth-order valence-corrected chi connectivity index (χ4v) is 1.79. The Balaban J connectivity index is 2.25. The summed E-state index contributed by atoms with van der Waals surface area (Å²) >= 11 is 0. The first-order valence-electron chi connectivity index (χ1n) is 6.38. The highest BCUT2D eigenvalue weighted by molar-refractivity contribution is 5.79. The fourth-order valence-electron chi connectivity index (χ4n) is 1.79. The average molecular weight is 227 g/mol. The molecule has 1 heterocycles. The quantitative estimate of drug-likeness (QED) is 0.553. The van der Waals surface area contributed by atoms with Crippen molar-refractivity contribution in [1.82, 2.24) is 10.6 Å². The van der Waals surface area contributed by atoms with Gasteiger partial charge in [0.2, 0.25) is 0 Å². The number of hydrogen-bond donors (Lipinski definition) is 2. The van der Waals surface area contributed by atoms with Crippen LogP contribution in [0.5, 0.6) is 0 Å². The van der Waals surface area contributed by atoms with Crippen molar-refractivity contribution >= 4 is 5.96 Å². The molecule has 0 radical (unpaired) electrons. The minimum atomic E-state index is 0.417. The second-order valence-electron chi connectivity index (χ2n) is 4.48. The van der Waals surface area contributed by atoms with Gasteiger partial charge < -0.3 is 15.4 Å². The summed E-state index contributed by atoms with van der Waals surface area (Å²) in [5.74, 6) is 0.912. The van der Waals surface area contributed by atoms with E-state index in [4.69, 9.17) is 4.74 Å². The standard InChI is InChI=1S/C12H25N3O/c1-4-13-12(15-10(2)3)14-8-7-11-6-5-9-16-11/h10-11H,4-9H2,1-3H3,(H2,13,14,15). The summed E-state index contributed by atoms with van der Waals surface area (Å²) in [6.45, 7) is 8.99. The number of hydrogen-bond acceptors (Lipinski definition) is 2. The van der Waals surface area contributed by atoms with Crippen LogP contribution in [0.2, 0.25) is 0 Å². The summed E-state index contributed by atoms with van der Waals surface area (Å²) < 4.78 is 5.57. The van der Waals surface area contributed by atoms with Gasteiger partial charge in [0, 0.05) is 25.7 Å². The molecule has 0 saturated carbocycles. The highest BCUT2D eigenvalue weighted by Crippen LogP contribution is 2.14. The molecule has 0 aliphatic carbocycles. The van der Waals surface area contributed by atoms with Gasteiger partial charge in [-0.3, -0.25) is 4.99 Å². The van der Waals surface area contributed by atoms with Crippen LogP contribution in [-0.2, 0) is 4.74 Å². The van der Waals surface area contributed by atoms with E-state index in [1.807, 2.05) is 0 Å². The van der Waals surface area contributed by atoms with Crippen molar-refractivity contribution in [3.8, 4) is 0 Å². The summed E-state index contributed by atoms with van der Waals surface area (Å²) in [6.07, 6.45) is 3.88. The van der Waals surface area contributed by atoms with Crippen molar-refractivity contribution in [3.63, 3.8) is 0 Å². The summed E-state index contributed by atoms with van der Waals surface area (Å²) in [5.41, 5.74) is 0. The minimum absolute atomic E-state index is 0.417. The number of aliphatic imine (C=N–C) groups is 1. The Hall–Kier alpha value is -0.770. The molecule has 0 bridgehead atoms. The maximum absolute atomic E-state index is 5.57. The van der Waals surface area contributed by atoms with E-state index in [2.05, 4.69) is 36.4 Å².